The Morgan fingerprint density at radius 3 is 2.42 bits per heavy atom. The summed E-state index contributed by atoms with van der Waals surface area (Å²) in [7, 11) is 0. The normalized spacial score (nSPS) is 17.3. The Kier molecular flexibility index (Phi) is 7.13. The van der Waals surface area contributed by atoms with E-state index in [0.29, 0.717) is 6.54 Å². The minimum absolute atomic E-state index is 0.183. The fraction of sp³-hybridized carbons (Fsp3) is 0.423. The van der Waals surface area contributed by atoms with Crippen LogP contribution in [-0.4, -0.2) is 38.7 Å². The van der Waals surface area contributed by atoms with Gasteiger partial charge in [-0.05, 0) is 62.1 Å². The Balaban J connectivity index is 1.42. The van der Waals surface area contributed by atoms with Crippen molar-refractivity contribution in [2.24, 2.45) is 4.99 Å². The van der Waals surface area contributed by atoms with E-state index in [9.17, 15) is 0 Å². The molecule has 5 heteroatoms. The zero-order valence-electron chi connectivity index (χ0n) is 18.8. The van der Waals surface area contributed by atoms with Crippen LogP contribution in [0.5, 0.6) is 0 Å². The summed E-state index contributed by atoms with van der Waals surface area (Å²) in [4.78, 5) is 9.72. The molecule has 2 aliphatic rings. The fourth-order valence-electron chi connectivity index (χ4n) is 4.29. The summed E-state index contributed by atoms with van der Waals surface area (Å²) in [6.07, 6.45) is 7.03. The van der Waals surface area contributed by atoms with Crippen molar-refractivity contribution in [3.05, 3.63) is 71.8 Å². The molecule has 31 heavy (non-hydrogen) atoms. The van der Waals surface area contributed by atoms with Crippen LogP contribution in [0.15, 0.2) is 65.7 Å². The summed E-state index contributed by atoms with van der Waals surface area (Å²) in [6.45, 7) is 10.1. The van der Waals surface area contributed by atoms with Gasteiger partial charge in [-0.3, -0.25) is 0 Å². The molecule has 0 bridgehead atoms. The SMILES string of the molecule is CCNC(=NCc1cccc(N2CC=CC2)c1)NC(C)c1cccc(N2CCCC2)c1. The number of benzene rings is 2. The average Bonchev–Trinajstić information content (AvgIpc) is 3.52. The molecule has 2 N–H and O–H groups in total. The van der Waals surface area contributed by atoms with Crippen molar-refractivity contribution in [1.29, 1.82) is 0 Å². The monoisotopic (exact) mass is 417 g/mol. The van der Waals surface area contributed by atoms with Crippen LogP contribution < -0.4 is 20.4 Å². The van der Waals surface area contributed by atoms with E-state index in [1.165, 1.54) is 48.4 Å². The Morgan fingerprint density at radius 2 is 1.68 bits per heavy atom. The third-order valence-electron chi connectivity index (χ3n) is 6.05. The Bertz CT molecular complexity index is 906. The standard InChI is InChI=1S/C26H35N5/c1-3-27-26(28-20-22-10-8-12-24(18-22)30-14-4-5-15-30)29-21(2)23-11-9-13-25(19-23)31-16-6-7-17-31/h4-5,8-13,18-19,21H,3,6-7,14-17,20H2,1-2H3,(H2,27,28,29). The number of aliphatic imine (C=N–C) groups is 1. The molecule has 2 aromatic rings. The maximum absolute atomic E-state index is 4.87. The first kappa shape index (κ1) is 21.3. The summed E-state index contributed by atoms with van der Waals surface area (Å²) in [5, 5.41) is 6.99. The van der Waals surface area contributed by atoms with Crippen molar-refractivity contribution < 1.29 is 0 Å². The Hall–Kier alpha value is -2.95. The van der Waals surface area contributed by atoms with E-state index in [1.807, 2.05) is 0 Å². The summed E-state index contributed by atoms with van der Waals surface area (Å²) in [5.41, 5.74) is 5.12. The third-order valence-corrected chi connectivity index (χ3v) is 6.05. The molecule has 0 aliphatic carbocycles. The first-order valence-electron chi connectivity index (χ1n) is 11.6. The van der Waals surface area contributed by atoms with Gasteiger partial charge in [-0.1, -0.05) is 36.4 Å². The summed E-state index contributed by atoms with van der Waals surface area (Å²) in [6, 6.07) is 17.8. The van der Waals surface area contributed by atoms with Crippen LogP contribution >= 0.6 is 0 Å². The van der Waals surface area contributed by atoms with Crippen molar-refractivity contribution in [3.63, 3.8) is 0 Å². The zero-order chi connectivity index (χ0) is 21.5. The second kappa shape index (κ2) is 10.4. The molecule has 2 aliphatic heterocycles. The van der Waals surface area contributed by atoms with Gasteiger partial charge in [0.15, 0.2) is 5.96 Å². The fourth-order valence-corrected chi connectivity index (χ4v) is 4.29. The van der Waals surface area contributed by atoms with E-state index in [-0.39, 0.29) is 6.04 Å². The highest BCUT2D eigenvalue weighted by molar-refractivity contribution is 5.80. The van der Waals surface area contributed by atoms with Crippen LogP contribution in [0.3, 0.4) is 0 Å². The first-order chi connectivity index (χ1) is 15.2. The molecule has 2 heterocycles. The maximum atomic E-state index is 4.87. The molecule has 1 atom stereocenters. The Morgan fingerprint density at radius 1 is 0.968 bits per heavy atom. The molecule has 0 aromatic heterocycles. The highest BCUT2D eigenvalue weighted by Crippen LogP contribution is 2.24. The highest BCUT2D eigenvalue weighted by atomic mass is 15.2. The van der Waals surface area contributed by atoms with E-state index in [0.717, 1.165) is 25.6 Å². The topological polar surface area (TPSA) is 42.9 Å². The van der Waals surface area contributed by atoms with Gasteiger partial charge in [0, 0.05) is 44.1 Å². The lowest BCUT2D eigenvalue weighted by Gasteiger charge is -2.22. The van der Waals surface area contributed by atoms with Crippen molar-refractivity contribution in [1.82, 2.24) is 10.6 Å². The molecule has 1 saturated heterocycles. The van der Waals surface area contributed by atoms with Crippen LogP contribution in [0.2, 0.25) is 0 Å². The van der Waals surface area contributed by atoms with Gasteiger partial charge in [-0.2, -0.15) is 0 Å². The van der Waals surface area contributed by atoms with Gasteiger partial charge in [0.05, 0.1) is 12.6 Å². The lowest BCUT2D eigenvalue weighted by atomic mass is 10.1. The van der Waals surface area contributed by atoms with Crippen LogP contribution in [0.25, 0.3) is 0 Å². The van der Waals surface area contributed by atoms with Gasteiger partial charge >= 0.3 is 0 Å². The largest absolute Gasteiger partial charge is 0.372 e. The third kappa shape index (κ3) is 5.60. The van der Waals surface area contributed by atoms with E-state index < -0.39 is 0 Å². The van der Waals surface area contributed by atoms with E-state index in [1.54, 1.807) is 0 Å². The van der Waals surface area contributed by atoms with Crippen molar-refractivity contribution >= 4 is 17.3 Å². The number of guanidine groups is 1. The first-order valence-corrected chi connectivity index (χ1v) is 11.6. The van der Waals surface area contributed by atoms with Crippen LogP contribution in [0.4, 0.5) is 11.4 Å². The van der Waals surface area contributed by atoms with E-state index in [2.05, 4.69) is 95.0 Å². The lowest BCUT2D eigenvalue weighted by molar-refractivity contribution is 0.686. The molecule has 0 amide bonds. The Labute approximate surface area is 186 Å². The van der Waals surface area contributed by atoms with Gasteiger partial charge in [0.1, 0.15) is 0 Å². The number of rotatable bonds is 7. The second-order valence-corrected chi connectivity index (χ2v) is 8.40. The molecular formula is C26H35N5. The van der Waals surface area contributed by atoms with Gasteiger partial charge in [-0.25, -0.2) is 4.99 Å². The van der Waals surface area contributed by atoms with Crippen LogP contribution in [0, 0.1) is 0 Å². The van der Waals surface area contributed by atoms with Crippen molar-refractivity contribution in [2.45, 2.75) is 39.3 Å². The minimum Gasteiger partial charge on any atom is -0.372 e. The average molecular weight is 418 g/mol. The predicted octanol–water partition coefficient (Wildman–Crippen LogP) is 4.48. The number of anilines is 2. The van der Waals surface area contributed by atoms with Crippen molar-refractivity contribution in [3.8, 4) is 0 Å². The minimum atomic E-state index is 0.183. The van der Waals surface area contributed by atoms with Gasteiger partial charge < -0.3 is 20.4 Å². The quantitative estimate of drug-likeness (QED) is 0.396. The van der Waals surface area contributed by atoms with Gasteiger partial charge in [0.25, 0.3) is 0 Å². The van der Waals surface area contributed by atoms with Crippen LogP contribution in [-0.2, 0) is 6.54 Å². The molecule has 0 saturated carbocycles. The molecule has 1 unspecified atom stereocenters. The molecule has 164 valence electrons. The molecule has 4 rings (SSSR count). The van der Waals surface area contributed by atoms with Crippen LogP contribution in [0.1, 0.15) is 43.9 Å². The smallest absolute Gasteiger partial charge is 0.192 e. The number of nitrogens with zero attached hydrogens (tertiary/aromatic N) is 3. The maximum Gasteiger partial charge on any atom is 0.192 e. The lowest BCUT2D eigenvalue weighted by Crippen LogP contribution is -2.38. The zero-order valence-corrected chi connectivity index (χ0v) is 18.8. The molecule has 5 nitrogen and oxygen atoms in total. The van der Waals surface area contributed by atoms with Gasteiger partial charge in [-0.15, -0.1) is 0 Å². The number of nitrogens with one attached hydrogen (secondary N) is 2. The molecule has 0 spiro atoms. The second-order valence-electron chi connectivity index (χ2n) is 8.40. The highest BCUT2D eigenvalue weighted by Gasteiger charge is 2.14. The molecule has 2 aromatic carbocycles. The molecular weight excluding hydrogens is 382 g/mol. The predicted molar refractivity (Wildman–Crippen MR) is 132 cm³/mol. The number of hydrogen-bond donors (Lipinski definition) is 2. The number of hydrogen-bond acceptors (Lipinski definition) is 3. The molecule has 1 fully saturated rings. The van der Waals surface area contributed by atoms with E-state index >= 15 is 0 Å². The molecule has 0 radical (unpaired) electrons. The van der Waals surface area contributed by atoms with E-state index in [4.69, 9.17) is 4.99 Å². The summed E-state index contributed by atoms with van der Waals surface area (Å²) < 4.78 is 0. The van der Waals surface area contributed by atoms with Gasteiger partial charge in [0.2, 0.25) is 0 Å². The van der Waals surface area contributed by atoms with Crippen molar-refractivity contribution in [2.75, 3.05) is 42.5 Å². The summed E-state index contributed by atoms with van der Waals surface area (Å²) >= 11 is 0. The summed E-state index contributed by atoms with van der Waals surface area (Å²) in [5.74, 6) is 0.856.